The summed E-state index contributed by atoms with van der Waals surface area (Å²) in [6.45, 7) is 13.0. The van der Waals surface area contributed by atoms with Crippen molar-refractivity contribution in [1.29, 1.82) is 0 Å². The van der Waals surface area contributed by atoms with Gasteiger partial charge in [-0.05, 0) is 59.9 Å². The Morgan fingerprint density at radius 2 is 1.78 bits per heavy atom. The molecule has 214 valence electrons. The van der Waals surface area contributed by atoms with Crippen LogP contribution >= 0.6 is 23.9 Å². The number of methoxy groups -OCH3 is 1. The number of rotatable bonds is 8. The highest BCUT2D eigenvalue weighted by Gasteiger charge is 2.28. The highest BCUT2D eigenvalue weighted by molar-refractivity contribution is 9.10. The first-order valence-electron chi connectivity index (χ1n) is 13.8. The van der Waals surface area contributed by atoms with E-state index in [0.29, 0.717) is 17.8 Å². The first-order chi connectivity index (χ1) is 19.9. The van der Waals surface area contributed by atoms with Gasteiger partial charge in [-0.2, -0.15) is 4.98 Å². The molecule has 0 amide bonds. The number of fused-ring (bicyclic) bond motifs is 1. The van der Waals surface area contributed by atoms with Crippen LogP contribution in [0.2, 0.25) is 0 Å². The number of aryl methyl sites for hydroxylation is 1. The maximum Gasteiger partial charge on any atom is 0.229 e. The monoisotopic (exact) mass is 635 g/mol. The summed E-state index contributed by atoms with van der Waals surface area (Å²) in [6, 6.07) is 8.97. The number of halogens is 1. The molecule has 0 aliphatic carbocycles. The van der Waals surface area contributed by atoms with Gasteiger partial charge in [0, 0.05) is 86.6 Å². The summed E-state index contributed by atoms with van der Waals surface area (Å²) >= 11 is 3.62. The molecule has 2 aromatic carbocycles. The minimum Gasteiger partial charge on any atom is -0.494 e. The van der Waals surface area contributed by atoms with Gasteiger partial charge in [-0.15, -0.1) is 0 Å². The molecule has 3 N–H and O–H groups in total. The van der Waals surface area contributed by atoms with E-state index in [0.717, 1.165) is 77.2 Å². The van der Waals surface area contributed by atoms with Crippen LogP contribution in [0.3, 0.4) is 0 Å². The van der Waals surface area contributed by atoms with Crippen LogP contribution in [0.25, 0.3) is 11.0 Å². The molecule has 10 nitrogen and oxygen atoms in total. The van der Waals surface area contributed by atoms with Crippen LogP contribution in [-0.4, -0.2) is 90.6 Å². The van der Waals surface area contributed by atoms with Crippen molar-refractivity contribution in [1.82, 2.24) is 30.2 Å². The van der Waals surface area contributed by atoms with E-state index in [1.807, 2.05) is 12.1 Å². The third kappa shape index (κ3) is 5.81. The van der Waals surface area contributed by atoms with Gasteiger partial charge in [-0.1, -0.05) is 7.92 Å². The maximum absolute atomic E-state index is 5.82. The number of hydrogen-bond acceptors (Lipinski definition) is 10. The van der Waals surface area contributed by atoms with Crippen molar-refractivity contribution in [2.24, 2.45) is 0 Å². The van der Waals surface area contributed by atoms with Gasteiger partial charge in [0.15, 0.2) is 0 Å². The van der Waals surface area contributed by atoms with Crippen LogP contribution in [0.4, 0.5) is 28.8 Å². The largest absolute Gasteiger partial charge is 0.494 e. The number of nitrogens with zero attached hydrogens (tertiary/aromatic N) is 6. The van der Waals surface area contributed by atoms with E-state index in [1.165, 1.54) is 11.3 Å². The fourth-order valence-electron chi connectivity index (χ4n) is 5.48. The van der Waals surface area contributed by atoms with Gasteiger partial charge in [0.25, 0.3) is 0 Å². The molecule has 2 aliphatic rings. The summed E-state index contributed by atoms with van der Waals surface area (Å²) in [5.41, 5.74) is 5.99. The van der Waals surface area contributed by atoms with Gasteiger partial charge in [-0.25, -0.2) is 4.98 Å². The molecule has 41 heavy (non-hydrogen) atoms. The molecule has 0 bridgehead atoms. The number of aromatic nitrogens is 4. The molecule has 0 radical (unpaired) electrons. The van der Waals surface area contributed by atoms with E-state index >= 15 is 0 Å². The second kappa shape index (κ2) is 12.0. The Hall–Kier alpha value is -3.11. The summed E-state index contributed by atoms with van der Waals surface area (Å²) in [7, 11) is 1.24. The molecule has 2 saturated heterocycles. The third-order valence-corrected chi connectivity index (χ3v) is 9.68. The summed E-state index contributed by atoms with van der Waals surface area (Å²) in [5.74, 6) is 1.90. The summed E-state index contributed by atoms with van der Waals surface area (Å²) in [6.07, 6.45) is 5.22. The van der Waals surface area contributed by atoms with Crippen molar-refractivity contribution >= 4 is 69.0 Å². The predicted molar refractivity (Wildman–Crippen MR) is 172 cm³/mol. The molecular formula is C29H35BrN9OP. The average molecular weight is 637 g/mol. The number of piperazine rings is 1. The SMILES string of the molecule is COc1cc(N2CCN(C3CNC3)CC2)c(C)cc1Nc1ncc(Br)c(Nc2ccc3nccnc3c2P(C)C)n1. The number of anilines is 5. The molecule has 0 atom stereocenters. The molecule has 2 fully saturated rings. The lowest BCUT2D eigenvalue weighted by Gasteiger charge is -2.44. The highest BCUT2D eigenvalue weighted by atomic mass is 79.9. The van der Waals surface area contributed by atoms with Crippen LogP contribution in [0.15, 0.2) is 47.3 Å². The summed E-state index contributed by atoms with van der Waals surface area (Å²) in [4.78, 5) is 23.5. The Balaban J connectivity index is 1.23. The smallest absolute Gasteiger partial charge is 0.229 e. The minimum absolute atomic E-state index is 0.458. The molecule has 4 heterocycles. The quantitative estimate of drug-likeness (QED) is 0.241. The lowest BCUT2D eigenvalue weighted by Crippen LogP contribution is -2.61. The highest BCUT2D eigenvalue weighted by Crippen LogP contribution is 2.37. The zero-order valence-corrected chi connectivity index (χ0v) is 26.3. The molecule has 2 aliphatic heterocycles. The Bertz CT molecular complexity index is 1560. The zero-order chi connectivity index (χ0) is 28.5. The van der Waals surface area contributed by atoms with Crippen molar-refractivity contribution in [3.8, 4) is 5.75 Å². The molecule has 0 unspecified atom stereocenters. The van der Waals surface area contributed by atoms with Gasteiger partial charge in [0.2, 0.25) is 5.95 Å². The van der Waals surface area contributed by atoms with Crippen LogP contribution in [-0.2, 0) is 0 Å². The van der Waals surface area contributed by atoms with Crippen LogP contribution in [0, 0.1) is 6.92 Å². The lowest BCUT2D eigenvalue weighted by atomic mass is 10.1. The Morgan fingerprint density at radius 1 is 1.00 bits per heavy atom. The van der Waals surface area contributed by atoms with E-state index in [-0.39, 0.29) is 0 Å². The molecule has 2 aromatic heterocycles. The fraction of sp³-hybridized carbons (Fsp3) is 0.379. The summed E-state index contributed by atoms with van der Waals surface area (Å²) < 4.78 is 6.59. The zero-order valence-electron chi connectivity index (χ0n) is 23.8. The Kier molecular flexibility index (Phi) is 8.21. The Morgan fingerprint density at radius 3 is 2.49 bits per heavy atom. The predicted octanol–water partition coefficient (Wildman–Crippen LogP) is 4.45. The van der Waals surface area contributed by atoms with Crippen LogP contribution in [0.1, 0.15) is 5.56 Å². The van der Waals surface area contributed by atoms with Gasteiger partial charge in [-0.3, -0.25) is 14.9 Å². The third-order valence-electron chi connectivity index (χ3n) is 7.75. The molecular weight excluding hydrogens is 601 g/mol. The Labute approximate surface area is 250 Å². The second-order valence-electron chi connectivity index (χ2n) is 10.6. The topological polar surface area (TPSA) is 103 Å². The maximum atomic E-state index is 5.82. The molecule has 0 spiro atoms. The summed E-state index contributed by atoms with van der Waals surface area (Å²) in [5, 5.41) is 11.4. The number of nitrogens with one attached hydrogen (secondary N) is 3. The normalized spacial score (nSPS) is 16.2. The first kappa shape index (κ1) is 28.0. The number of ether oxygens (including phenoxy) is 1. The van der Waals surface area contributed by atoms with Gasteiger partial charge in [0.1, 0.15) is 11.6 Å². The van der Waals surface area contributed by atoms with Crippen LogP contribution < -0.4 is 30.9 Å². The lowest BCUT2D eigenvalue weighted by molar-refractivity contribution is 0.138. The van der Waals surface area contributed by atoms with E-state index < -0.39 is 7.92 Å². The van der Waals surface area contributed by atoms with Crippen molar-refractivity contribution in [3.05, 3.63) is 52.9 Å². The fourth-order valence-corrected chi connectivity index (χ4v) is 6.98. The molecule has 6 rings (SSSR count). The van der Waals surface area contributed by atoms with E-state index in [9.17, 15) is 0 Å². The van der Waals surface area contributed by atoms with Gasteiger partial charge in [0.05, 0.1) is 28.3 Å². The van der Waals surface area contributed by atoms with Crippen molar-refractivity contribution < 1.29 is 4.74 Å². The van der Waals surface area contributed by atoms with Gasteiger partial charge >= 0.3 is 0 Å². The standard InChI is InChI=1S/C29H35BrN9OP/c1-18-13-23(25(40-2)14-24(18)39-11-9-38(10-12-39)19-15-31-16-19)36-29-34-17-20(30)28(37-29)35-22-6-5-21-26(27(22)41(3)4)33-8-7-32-21/h5-8,13-14,17,19,31H,9-12,15-16H2,1-4H3,(H2,34,35,36,37). The van der Waals surface area contributed by atoms with Gasteiger partial charge < -0.3 is 25.6 Å². The van der Waals surface area contributed by atoms with E-state index in [2.05, 4.69) is 89.0 Å². The minimum atomic E-state index is -0.458. The van der Waals surface area contributed by atoms with Crippen LogP contribution in [0.5, 0.6) is 5.75 Å². The molecule has 4 aromatic rings. The molecule has 0 saturated carbocycles. The number of benzene rings is 2. The van der Waals surface area contributed by atoms with E-state index in [4.69, 9.17) is 9.72 Å². The number of hydrogen-bond donors (Lipinski definition) is 3. The second-order valence-corrected chi connectivity index (χ2v) is 13.7. The van der Waals surface area contributed by atoms with Crippen molar-refractivity contribution in [2.75, 3.05) is 75.2 Å². The van der Waals surface area contributed by atoms with Crippen molar-refractivity contribution in [3.63, 3.8) is 0 Å². The van der Waals surface area contributed by atoms with E-state index in [1.54, 1.807) is 25.7 Å². The average Bonchev–Trinajstić information content (AvgIpc) is 2.94. The first-order valence-corrected chi connectivity index (χ1v) is 16.8. The molecule has 12 heteroatoms. The van der Waals surface area contributed by atoms with Crippen molar-refractivity contribution in [2.45, 2.75) is 13.0 Å².